The van der Waals surface area contributed by atoms with Crippen molar-refractivity contribution >= 4 is 12.1 Å². The fourth-order valence-electron chi connectivity index (χ4n) is 1.58. The highest BCUT2D eigenvalue weighted by Gasteiger charge is 2.30. The number of aliphatic hydroxyl groups excluding tert-OH is 1. The van der Waals surface area contributed by atoms with Gasteiger partial charge in [-0.2, -0.15) is 0 Å². The van der Waals surface area contributed by atoms with Gasteiger partial charge in [0.05, 0.1) is 6.04 Å². The number of carboxylic acids is 1. The summed E-state index contributed by atoms with van der Waals surface area (Å²) < 4.78 is 5.07. The Morgan fingerprint density at radius 2 is 1.75 bits per heavy atom. The zero-order valence-corrected chi connectivity index (χ0v) is 11.7. The maximum Gasteiger partial charge on any atom is 0.408 e. The Balaban J connectivity index is 2.90. The van der Waals surface area contributed by atoms with Crippen LogP contribution in [-0.4, -0.2) is 34.0 Å². The van der Waals surface area contributed by atoms with Crippen LogP contribution in [0.15, 0.2) is 30.3 Å². The Bertz CT molecular complexity index is 466. The molecule has 6 nitrogen and oxygen atoms in total. The molecule has 6 heteroatoms. The average Bonchev–Trinajstić information content (AvgIpc) is 2.34. The molecule has 110 valence electrons. The molecule has 3 N–H and O–H groups in total. The molecular weight excluding hydrogens is 262 g/mol. The van der Waals surface area contributed by atoms with E-state index in [1.807, 2.05) is 0 Å². The molecule has 1 aromatic carbocycles. The Morgan fingerprint density at radius 1 is 1.20 bits per heavy atom. The first-order valence-corrected chi connectivity index (χ1v) is 6.16. The largest absolute Gasteiger partial charge is 0.479 e. The minimum atomic E-state index is -1.76. The van der Waals surface area contributed by atoms with E-state index in [0.29, 0.717) is 5.56 Å². The second-order valence-electron chi connectivity index (χ2n) is 5.32. The first kappa shape index (κ1) is 16.0. The lowest BCUT2D eigenvalue weighted by Crippen LogP contribution is -2.42. The summed E-state index contributed by atoms with van der Waals surface area (Å²) in [5.74, 6) is -1.42. The van der Waals surface area contributed by atoms with Crippen molar-refractivity contribution in [2.75, 3.05) is 0 Å². The van der Waals surface area contributed by atoms with Gasteiger partial charge in [-0.1, -0.05) is 30.3 Å². The number of nitrogens with one attached hydrogen (secondary N) is 1. The number of ether oxygens (including phenoxy) is 1. The maximum absolute atomic E-state index is 11.7. The molecule has 0 aliphatic carbocycles. The van der Waals surface area contributed by atoms with Crippen molar-refractivity contribution in [3.8, 4) is 0 Å². The van der Waals surface area contributed by atoms with Gasteiger partial charge in [-0.05, 0) is 26.3 Å². The van der Waals surface area contributed by atoms with E-state index in [0.717, 1.165) is 0 Å². The van der Waals surface area contributed by atoms with E-state index in [1.54, 1.807) is 51.1 Å². The van der Waals surface area contributed by atoms with Crippen LogP contribution in [0.2, 0.25) is 0 Å². The van der Waals surface area contributed by atoms with Crippen molar-refractivity contribution in [3.63, 3.8) is 0 Å². The van der Waals surface area contributed by atoms with Crippen LogP contribution in [0.25, 0.3) is 0 Å². The molecule has 0 aromatic heterocycles. The lowest BCUT2D eigenvalue weighted by Gasteiger charge is -2.25. The van der Waals surface area contributed by atoms with Crippen molar-refractivity contribution in [2.24, 2.45) is 0 Å². The number of carbonyl (C=O) groups excluding carboxylic acids is 1. The highest BCUT2D eigenvalue weighted by atomic mass is 16.6. The number of carboxylic acid groups (broad SMARTS) is 1. The Labute approximate surface area is 117 Å². The number of alkyl carbamates (subject to hydrolysis) is 1. The minimum absolute atomic E-state index is 0.480. The number of carbonyl (C=O) groups is 2. The monoisotopic (exact) mass is 281 g/mol. The lowest BCUT2D eigenvalue weighted by molar-refractivity contribution is -0.148. The summed E-state index contributed by atoms with van der Waals surface area (Å²) in [5.41, 5.74) is -0.229. The summed E-state index contributed by atoms with van der Waals surface area (Å²) in [4.78, 5) is 22.7. The van der Waals surface area contributed by atoms with Crippen LogP contribution in [0.4, 0.5) is 4.79 Å². The van der Waals surface area contributed by atoms with E-state index in [9.17, 15) is 14.7 Å². The first-order valence-electron chi connectivity index (χ1n) is 6.16. The standard InChI is InChI=1S/C14H19NO5/c1-14(2,3)20-13(19)15-10(11(16)12(17)18)9-7-5-4-6-8-9/h4-8,10-11,16H,1-3H3,(H,15,19)(H,17,18)/t10?,11-/m1/s1. The van der Waals surface area contributed by atoms with Crippen molar-refractivity contribution in [1.29, 1.82) is 0 Å². The van der Waals surface area contributed by atoms with Crippen LogP contribution in [0, 0.1) is 0 Å². The third kappa shape index (κ3) is 4.89. The van der Waals surface area contributed by atoms with Crippen LogP contribution < -0.4 is 5.32 Å². The smallest absolute Gasteiger partial charge is 0.408 e. The maximum atomic E-state index is 11.7. The van der Waals surface area contributed by atoms with Crippen LogP contribution in [0.3, 0.4) is 0 Å². The Kier molecular flexibility index (Phi) is 5.10. The van der Waals surface area contributed by atoms with E-state index < -0.39 is 29.8 Å². The van der Waals surface area contributed by atoms with E-state index in [1.165, 1.54) is 0 Å². The highest BCUT2D eigenvalue weighted by Crippen LogP contribution is 2.18. The van der Waals surface area contributed by atoms with Crippen LogP contribution in [0.5, 0.6) is 0 Å². The molecule has 1 rings (SSSR count). The molecule has 0 fully saturated rings. The summed E-state index contributed by atoms with van der Waals surface area (Å²) in [7, 11) is 0. The van der Waals surface area contributed by atoms with E-state index in [4.69, 9.17) is 9.84 Å². The molecule has 0 saturated heterocycles. The van der Waals surface area contributed by atoms with Crippen molar-refractivity contribution in [1.82, 2.24) is 5.32 Å². The zero-order chi connectivity index (χ0) is 15.3. The number of hydrogen-bond acceptors (Lipinski definition) is 4. The van der Waals surface area contributed by atoms with Gasteiger partial charge in [-0.3, -0.25) is 0 Å². The van der Waals surface area contributed by atoms with E-state index in [-0.39, 0.29) is 0 Å². The van der Waals surface area contributed by atoms with Gasteiger partial charge in [-0.15, -0.1) is 0 Å². The van der Waals surface area contributed by atoms with Crippen molar-refractivity contribution in [3.05, 3.63) is 35.9 Å². The third-order valence-corrected chi connectivity index (χ3v) is 2.40. The molecule has 1 aromatic rings. The number of rotatable bonds is 4. The van der Waals surface area contributed by atoms with Gasteiger partial charge in [0.1, 0.15) is 5.60 Å². The van der Waals surface area contributed by atoms with Gasteiger partial charge in [-0.25, -0.2) is 9.59 Å². The Morgan fingerprint density at radius 3 is 2.20 bits per heavy atom. The lowest BCUT2D eigenvalue weighted by atomic mass is 10.0. The molecule has 0 aliphatic heterocycles. The van der Waals surface area contributed by atoms with Gasteiger partial charge in [0.2, 0.25) is 0 Å². The van der Waals surface area contributed by atoms with Crippen molar-refractivity contribution < 1.29 is 24.5 Å². The van der Waals surface area contributed by atoms with Gasteiger partial charge in [0, 0.05) is 0 Å². The zero-order valence-electron chi connectivity index (χ0n) is 11.7. The third-order valence-electron chi connectivity index (χ3n) is 2.40. The molecule has 0 aliphatic rings. The minimum Gasteiger partial charge on any atom is -0.479 e. The second kappa shape index (κ2) is 6.38. The summed E-state index contributed by atoms with van der Waals surface area (Å²) >= 11 is 0. The molecule has 1 unspecified atom stereocenters. The van der Waals surface area contributed by atoms with Gasteiger partial charge in [0.25, 0.3) is 0 Å². The van der Waals surface area contributed by atoms with Crippen molar-refractivity contribution in [2.45, 2.75) is 38.5 Å². The van der Waals surface area contributed by atoms with E-state index in [2.05, 4.69) is 5.32 Å². The highest BCUT2D eigenvalue weighted by molar-refractivity contribution is 5.75. The number of aliphatic hydroxyl groups is 1. The average molecular weight is 281 g/mol. The van der Waals surface area contributed by atoms with Crippen LogP contribution in [-0.2, 0) is 9.53 Å². The number of aliphatic carboxylic acids is 1. The number of benzene rings is 1. The molecule has 0 radical (unpaired) electrons. The van der Waals surface area contributed by atoms with Crippen LogP contribution >= 0.6 is 0 Å². The summed E-state index contributed by atoms with van der Waals surface area (Å²) in [6.07, 6.45) is -2.54. The summed E-state index contributed by atoms with van der Waals surface area (Å²) in [6, 6.07) is 7.29. The molecule has 2 atom stereocenters. The molecule has 1 amide bonds. The normalized spacial score (nSPS) is 14.2. The summed E-state index contributed by atoms with van der Waals surface area (Å²) in [5, 5.41) is 21.0. The van der Waals surface area contributed by atoms with E-state index >= 15 is 0 Å². The number of hydrogen-bond donors (Lipinski definition) is 3. The van der Waals surface area contributed by atoms with Crippen LogP contribution in [0.1, 0.15) is 32.4 Å². The SMILES string of the molecule is CC(C)(C)OC(=O)NC(c1ccccc1)[C@@H](O)C(=O)O. The predicted octanol–water partition coefficient (Wildman–Crippen LogP) is 1.70. The second-order valence-corrected chi connectivity index (χ2v) is 5.32. The molecule has 0 saturated carbocycles. The summed E-state index contributed by atoms with van der Waals surface area (Å²) in [6.45, 7) is 5.08. The molecule has 0 spiro atoms. The topological polar surface area (TPSA) is 95.9 Å². The fraction of sp³-hybridized carbons (Fsp3) is 0.429. The molecule has 0 heterocycles. The van der Waals surface area contributed by atoms with Gasteiger partial charge >= 0.3 is 12.1 Å². The quantitative estimate of drug-likeness (QED) is 0.780. The predicted molar refractivity (Wildman–Crippen MR) is 72.2 cm³/mol. The molecule has 0 bridgehead atoms. The number of amides is 1. The Hall–Kier alpha value is -2.08. The molecular formula is C14H19NO5. The van der Waals surface area contributed by atoms with Gasteiger partial charge in [0.15, 0.2) is 6.10 Å². The fourth-order valence-corrected chi connectivity index (χ4v) is 1.58. The first-order chi connectivity index (χ1) is 9.20. The molecule has 20 heavy (non-hydrogen) atoms. The van der Waals surface area contributed by atoms with Gasteiger partial charge < -0.3 is 20.3 Å².